The van der Waals surface area contributed by atoms with E-state index in [4.69, 9.17) is 21.5 Å². The first-order chi connectivity index (χ1) is 22.7. The Labute approximate surface area is 280 Å². The van der Waals surface area contributed by atoms with Gasteiger partial charge in [-0.1, -0.05) is 38.5 Å². The molecule has 0 radical (unpaired) electrons. The van der Waals surface area contributed by atoms with Crippen LogP contribution in [0.25, 0.3) is 28.4 Å². The van der Waals surface area contributed by atoms with Crippen molar-refractivity contribution in [2.24, 2.45) is 0 Å². The van der Waals surface area contributed by atoms with Crippen molar-refractivity contribution in [2.45, 2.75) is 77.2 Å². The minimum absolute atomic E-state index is 0.0217. The zero-order valence-electron chi connectivity index (χ0n) is 27.4. The van der Waals surface area contributed by atoms with Crippen LogP contribution in [-0.4, -0.2) is 53.2 Å². The Morgan fingerprint density at radius 3 is 2.49 bits per heavy atom. The molecule has 0 atom stereocenters. The summed E-state index contributed by atoms with van der Waals surface area (Å²) in [5.74, 6) is -1.04. The molecule has 6 rings (SSSR count). The third-order valence-corrected chi connectivity index (χ3v) is 10.4. The number of anilines is 2. The molecular formula is C36H45F2N7OS. The van der Waals surface area contributed by atoms with Crippen LogP contribution in [0, 0.1) is 17.1 Å². The first-order valence-corrected chi connectivity index (χ1v) is 17.4. The second kappa shape index (κ2) is 15.4. The number of halogens is 2. The number of fused-ring (bicyclic) bond motifs is 2. The van der Waals surface area contributed by atoms with Crippen LogP contribution in [0.15, 0.2) is 24.8 Å². The third-order valence-electron chi connectivity index (χ3n) is 9.38. The molecule has 0 spiro atoms. The molecule has 0 saturated carbocycles. The van der Waals surface area contributed by atoms with E-state index in [1.807, 2.05) is 19.9 Å². The quantitative estimate of drug-likeness (QED) is 0.210. The van der Waals surface area contributed by atoms with Crippen molar-refractivity contribution >= 4 is 50.5 Å². The highest BCUT2D eigenvalue weighted by Gasteiger charge is 2.45. The smallest absolute Gasteiger partial charge is 0.319 e. The predicted molar refractivity (Wildman–Crippen MR) is 189 cm³/mol. The molecule has 11 heteroatoms. The molecular weight excluding hydrogens is 617 g/mol. The topological polar surface area (TPSA) is 126 Å². The fraction of sp³-hybridized carbons (Fsp3) is 0.472. The van der Waals surface area contributed by atoms with Gasteiger partial charge in [-0.25, -0.2) is 8.78 Å². The summed E-state index contributed by atoms with van der Waals surface area (Å²) in [5, 5.41) is 13.1. The van der Waals surface area contributed by atoms with Gasteiger partial charge in [0.05, 0.1) is 21.4 Å². The van der Waals surface area contributed by atoms with E-state index in [2.05, 4.69) is 26.8 Å². The number of benzene rings is 1. The van der Waals surface area contributed by atoms with Crippen molar-refractivity contribution in [3.63, 3.8) is 0 Å². The van der Waals surface area contributed by atoms with Gasteiger partial charge in [0.15, 0.2) is 5.82 Å². The number of hydrogen-bond donors (Lipinski definition) is 3. The van der Waals surface area contributed by atoms with Crippen LogP contribution >= 0.6 is 11.3 Å². The summed E-state index contributed by atoms with van der Waals surface area (Å²) in [6, 6.07) is 3.37. The molecule has 5 N–H and O–H groups in total. The molecule has 2 aromatic heterocycles. The maximum atomic E-state index is 16.2. The Balaban J connectivity index is 0.000000549. The third kappa shape index (κ3) is 7.51. The maximum Gasteiger partial charge on any atom is 0.319 e. The van der Waals surface area contributed by atoms with Gasteiger partial charge in [-0.15, -0.1) is 11.3 Å². The van der Waals surface area contributed by atoms with Crippen LogP contribution in [0.1, 0.15) is 92.3 Å². The van der Waals surface area contributed by atoms with Gasteiger partial charge in [0.25, 0.3) is 0 Å². The fourth-order valence-corrected chi connectivity index (χ4v) is 7.84. The van der Waals surface area contributed by atoms with E-state index in [0.717, 1.165) is 50.1 Å². The van der Waals surface area contributed by atoms with E-state index in [0.29, 0.717) is 35.1 Å². The number of ether oxygens (including phenoxy) is 1. The lowest BCUT2D eigenvalue weighted by Crippen LogP contribution is -2.43. The molecule has 3 saturated heterocycles. The standard InChI is InChI=1S/C30H32F2N6OS.C6H13N/c1-4-19-20(8-5-9-21(31)22-14-18(15-33)28(35)40-22)25(32)26-24(23(19)17(2)3)27(34)37-29(36-26)39-16-30-10-6-12-38(30)13-7-11-30;1-2-4-6-7-5-3-1/h5,8-9,14H,2,4,6-7,10-13,16,35H2,1,3H3,(H2,34,36,37);7H,1-6H2/b8-5+,21-9+;. The van der Waals surface area contributed by atoms with E-state index in [1.165, 1.54) is 63.1 Å². The summed E-state index contributed by atoms with van der Waals surface area (Å²) in [6.45, 7) is 12.9. The average Bonchev–Trinajstić information content (AvgIpc) is 3.66. The second-order valence-corrected chi connectivity index (χ2v) is 13.7. The van der Waals surface area contributed by atoms with Gasteiger partial charge < -0.3 is 21.5 Å². The number of nitrogen functional groups attached to an aromatic ring is 2. The highest BCUT2D eigenvalue weighted by atomic mass is 32.1. The van der Waals surface area contributed by atoms with E-state index in [-0.39, 0.29) is 43.9 Å². The van der Waals surface area contributed by atoms with Gasteiger partial charge in [-0.05, 0) is 107 Å². The largest absolute Gasteiger partial charge is 0.461 e. The number of aromatic nitrogens is 2. The molecule has 3 aromatic rings. The van der Waals surface area contributed by atoms with Crippen molar-refractivity contribution in [3.05, 3.63) is 57.7 Å². The summed E-state index contributed by atoms with van der Waals surface area (Å²) < 4.78 is 37.1. The average molecular weight is 662 g/mol. The van der Waals surface area contributed by atoms with Crippen molar-refractivity contribution in [1.29, 1.82) is 5.26 Å². The summed E-state index contributed by atoms with van der Waals surface area (Å²) in [4.78, 5) is 11.6. The number of nitriles is 1. The zero-order valence-corrected chi connectivity index (χ0v) is 28.2. The minimum atomic E-state index is -0.588. The lowest BCUT2D eigenvalue weighted by Gasteiger charge is -2.31. The van der Waals surface area contributed by atoms with Crippen LogP contribution in [-0.2, 0) is 6.42 Å². The Kier molecular flexibility index (Phi) is 11.3. The highest BCUT2D eigenvalue weighted by Crippen LogP contribution is 2.40. The molecule has 250 valence electrons. The monoisotopic (exact) mass is 661 g/mol. The number of allylic oxidation sites excluding steroid dienone is 3. The molecule has 0 aliphatic carbocycles. The number of thiophene rings is 1. The highest BCUT2D eigenvalue weighted by molar-refractivity contribution is 7.17. The second-order valence-electron chi connectivity index (χ2n) is 12.6. The van der Waals surface area contributed by atoms with Crippen molar-refractivity contribution < 1.29 is 13.5 Å². The SMILES string of the molecule is C1CCCNCC1.C=C(C)c1c(CC)c(/C=C/C=C(/F)c2cc(C#N)c(N)s2)c(F)c2nc(OCC34CCCN3CCC4)nc(N)c12. The summed E-state index contributed by atoms with van der Waals surface area (Å²) >= 11 is 0.979. The molecule has 3 aliphatic heterocycles. The summed E-state index contributed by atoms with van der Waals surface area (Å²) in [6.07, 6.45) is 14.7. The molecule has 0 bridgehead atoms. The zero-order chi connectivity index (χ0) is 33.6. The van der Waals surface area contributed by atoms with E-state index < -0.39 is 11.6 Å². The Morgan fingerprint density at radius 2 is 1.87 bits per heavy atom. The number of hydrogen-bond acceptors (Lipinski definition) is 9. The van der Waals surface area contributed by atoms with Crippen LogP contribution in [0.3, 0.4) is 0 Å². The first-order valence-electron chi connectivity index (χ1n) is 16.6. The number of rotatable bonds is 8. The molecule has 47 heavy (non-hydrogen) atoms. The molecule has 1 aromatic carbocycles. The van der Waals surface area contributed by atoms with Gasteiger partial charge in [0, 0.05) is 5.56 Å². The van der Waals surface area contributed by atoms with Crippen LogP contribution in [0.2, 0.25) is 0 Å². The number of nitrogens with zero attached hydrogens (tertiary/aromatic N) is 4. The molecule has 5 heterocycles. The lowest BCUT2D eigenvalue weighted by molar-refractivity contribution is 0.108. The number of nitrogens with one attached hydrogen (secondary N) is 1. The van der Waals surface area contributed by atoms with Gasteiger partial charge in [-0.3, -0.25) is 4.90 Å². The van der Waals surface area contributed by atoms with Crippen LogP contribution in [0.5, 0.6) is 6.01 Å². The van der Waals surface area contributed by atoms with E-state index >= 15 is 4.39 Å². The Bertz CT molecular complexity index is 1690. The molecule has 8 nitrogen and oxygen atoms in total. The van der Waals surface area contributed by atoms with Crippen molar-refractivity contribution in [1.82, 2.24) is 20.2 Å². The lowest BCUT2D eigenvalue weighted by atomic mass is 9.90. The van der Waals surface area contributed by atoms with E-state index in [1.54, 1.807) is 0 Å². The van der Waals surface area contributed by atoms with E-state index in [9.17, 15) is 4.39 Å². The van der Waals surface area contributed by atoms with Gasteiger partial charge in [0.2, 0.25) is 0 Å². The van der Waals surface area contributed by atoms with Crippen LogP contribution < -0.4 is 21.5 Å². The van der Waals surface area contributed by atoms with Crippen molar-refractivity contribution in [2.75, 3.05) is 44.3 Å². The predicted octanol–water partition coefficient (Wildman–Crippen LogP) is 7.64. The maximum absolute atomic E-state index is 16.2. The molecule has 0 amide bonds. The molecule has 3 fully saturated rings. The van der Waals surface area contributed by atoms with Crippen LogP contribution in [0.4, 0.5) is 19.6 Å². The number of nitrogens with two attached hydrogens (primary N) is 2. The minimum Gasteiger partial charge on any atom is -0.461 e. The first kappa shape index (κ1) is 34.5. The normalized spacial score (nSPS) is 18.1. The molecule has 3 aliphatic rings. The van der Waals surface area contributed by atoms with Gasteiger partial charge in [0.1, 0.15) is 34.8 Å². The van der Waals surface area contributed by atoms with Gasteiger partial charge in [-0.2, -0.15) is 15.2 Å². The Hall–Kier alpha value is -3.85. The van der Waals surface area contributed by atoms with Gasteiger partial charge >= 0.3 is 6.01 Å². The van der Waals surface area contributed by atoms with Crippen molar-refractivity contribution in [3.8, 4) is 12.1 Å². The summed E-state index contributed by atoms with van der Waals surface area (Å²) in [5.41, 5.74) is 14.7. The molecule has 0 unspecified atom stereocenters. The Morgan fingerprint density at radius 1 is 1.17 bits per heavy atom. The summed E-state index contributed by atoms with van der Waals surface area (Å²) in [7, 11) is 0. The fourth-order valence-electron chi connectivity index (χ4n) is 7.04.